The van der Waals surface area contributed by atoms with Gasteiger partial charge in [0, 0.05) is 0 Å². The van der Waals surface area contributed by atoms with E-state index >= 15 is 0 Å². The van der Waals surface area contributed by atoms with Crippen molar-refractivity contribution in [1.29, 1.82) is 0 Å². The van der Waals surface area contributed by atoms with Crippen molar-refractivity contribution in [2.45, 2.75) is 4.90 Å². The maximum atomic E-state index is 11.1. The first-order chi connectivity index (χ1) is 10.8. The largest absolute Gasteiger partial charge is 0.302 e. The minimum Gasteiger partial charge on any atom is -0.302 e. The molecule has 1 N–H and O–H groups in total. The van der Waals surface area contributed by atoms with Crippen LogP contribution in [0.25, 0.3) is 0 Å². The van der Waals surface area contributed by atoms with Gasteiger partial charge in [0.05, 0.1) is 4.90 Å². The molecular formula is C18H15O2PS. The van der Waals surface area contributed by atoms with Crippen molar-refractivity contribution in [2.75, 3.05) is 0 Å². The van der Waals surface area contributed by atoms with Gasteiger partial charge in [-0.05, 0) is 36.0 Å². The van der Waals surface area contributed by atoms with Crippen LogP contribution in [0.3, 0.4) is 0 Å². The molecule has 0 amide bonds. The lowest BCUT2D eigenvalue weighted by molar-refractivity contribution is 0.564. The Kier molecular flexibility index (Phi) is 4.79. The summed E-state index contributed by atoms with van der Waals surface area (Å²) < 4.78 is 20.3. The molecule has 0 aromatic heterocycles. The molecule has 0 aliphatic heterocycles. The van der Waals surface area contributed by atoms with Gasteiger partial charge < -0.3 is 4.55 Å². The molecule has 2 nitrogen and oxygen atoms in total. The molecule has 0 radical (unpaired) electrons. The summed E-state index contributed by atoms with van der Waals surface area (Å²) in [6.07, 6.45) is 0. The number of rotatable bonds is 4. The quantitative estimate of drug-likeness (QED) is 0.591. The maximum absolute atomic E-state index is 11.1. The van der Waals surface area contributed by atoms with E-state index in [4.69, 9.17) is 4.55 Å². The van der Waals surface area contributed by atoms with E-state index in [1.807, 2.05) is 48.5 Å². The molecule has 0 spiro atoms. The maximum Gasteiger partial charge on any atom is 0.186 e. The van der Waals surface area contributed by atoms with Crippen LogP contribution in [0.2, 0.25) is 0 Å². The third-order valence-corrected chi connectivity index (χ3v) is 6.44. The molecule has 0 aliphatic carbocycles. The summed E-state index contributed by atoms with van der Waals surface area (Å²) in [5.74, 6) is 0. The Hall–Kier alpha value is -1.80. The lowest BCUT2D eigenvalue weighted by atomic mass is 10.3. The van der Waals surface area contributed by atoms with Crippen LogP contribution in [0.4, 0.5) is 0 Å². The van der Waals surface area contributed by atoms with Crippen molar-refractivity contribution in [1.82, 2.24) is 0 Å². The first kappa shape index (κ1) is 15.1. The summed E-state index contributed by atoms with van der Waals surface area (Å²) >= 11 is -1.93. The van der Waals surface area contributed by atoms with Crippen molar-refractivity contribution in [2.24, 2.45) is 0 Å². The topological polar surface area (TPSA) is 37.3 Å². The molecule has 3 aromatic carbocycles. The highest BCUT2D eigenvalue weighted by Crippen LogP contribution is 2.32. The Labute approximate surface area is 133 Å². The summed E-state index contributed by atoms with van der Waals surface area (Å²) in [6.45, 7) is 0. The summed E-state index contributed by atoms with van der Waals surface area (Å²) in [6, 6.07) is 28.1. The zero-order valence-corrected chi connectivity index (χ0v) is 13.5. The molecule has 0 bridgehead atoms. The van der Waals surface area contributed by atoms with Crippen molar-refractivity contribution >= 4 is 34.9 Å². The number of benzene rings is 3. The monoisotopic (exact) mass is 326 g/mol. The third kappa shape index (κ3) is 3.33. The highest BCUT2D eigenvalue weighted by atomic mass is 32.2. The van der Waals surface area contributed by atoms with Crippen LogP contribution in [0, 0.1) is 0 Å². The van der Waals surface area contributed by atoms with E-state index in [1.165, 1.54) is 15.9 Å². The van der Waals surface area contributed by atoms with Crippen molar-refractivity contribution in [3.05, 3.63) is 84.9 Å². The van der Waals surface area contributed by atoms with Gasteiger partial charge in [0.2, 0.25) is 0 Å². The highest BCUT2D eigenvalue weighted by molar-refractivity contribution is 7.80. The summed E-state index contributed by atoms with van der Waals surface area (Å²) in [5.41, 5.74) is 0. The smallest absolute Gasteiger partial charge is 0.186 e. The summed E-state index contributed by atoms with van der Waals surface area (Å²) in [5, 5.41) is 3.70. The van der Waals surface area contributed by atoms with Crippen molar-refractivity contribution in [3.8, 4) is 0 Å². The molecule has 0 saturated carbocycles. The standard InChI is InChI=1S/C18H15O2PS/c19-22(20)18-13-11-17(12-14-18)21(15-7-3-1-4-8-15)16-9-5-2-6-10-16/h1-14H,(H,19,20). The predicted molar refractivity (Wildman–Crippen MR) is 94.2 cm³/mol. The lowest BCUT2D eigenvalue weighted by Gasteiger charge is -2.19. The molecule has 1 atom stereocenters. The van der Waals surface area contributed by atoms with Gasteiger partial charge in [0.15, 0.2) is 11.1 Å². The molecule has 0 fully saturated rings. The fourth-order valence-electron chi connectivity index (χ4n) is 2.31. The van der Waals surface area contributed by atoms with Crippen LogP contribution in [-0.4, -0.2) is 8.76 Å². The van der Waals surface area contributed by atoms with Gasteiger partial charge in [0.25, 0.3) is 0 Å². The van der Waals surface area contributed by atoms with E-state index in [1.54, 1.807) is 12.1 Å². The second-order valence-electron chi connectivity index (χ2n) is 4.75. The van der Waals surface area contributed by atoms with Crippen LogP contribution in [0.15, 0.2) is 89.8 Å². The van der Waals surface area contributed by atoms with E-state index in [9.17, 15) is 4.21 Å². The molecule has 22 heavy (non-hydrogen) atoms. The molecule has 1 unspecified atom stereocenters. The van der Waals surface area contributed by atoms with Gasteiger partial charge in [-0.2, -0.15) is 0 Å². The molecule has 3 aromatic rings. The molecule has 3 rings (SSSR count). The van der Waals surface area contributed by atoms with Crippen molar-refractivity contribution < 1.29 is 8.76 Å². The van der Waals surface area contributed by atoms with E-state index in [0.29, 0.717) is 4.90 Å². The van der Waals surface area contributed by atoms with Crippen LogP contribution >= 0.6 is 7.92 Å². The third-order valence-electron chi connectivity index (χ3n) is 3.33. The van der Waals surface area contributed by atoms with E-state index in [0.717, 1.165) is 0 Å². The number of hydrogen-bond donors (Lipinski definition) is 1. The zero-order valence-electron chi connectivity index (χ0n) is 11.8. The van der Waals surface area contributed by atoms with Crippen LogP contribution < -0.4 is 15.9 Å². The predicted octanol–water partition coefficient (Wildman–Crippen LogP) is 3.03. The Bertz CT molecular complexity index is 719. The normalized spacial score (nSPS) is 12.3. The number of hydrogen-bond acceptors (Lipinski definition) is 1. The van der Waals surface area contributed by atoms with Gasteiger partial charge >= 0.3 is 0 Å². The average molecular weight is 326 g/mol. The second kappa shape index (κ2) is 6.97. The fraction of sp³-hybridized carbons (Fsp3) is 0. The summed E-state index contributed by atoms with van der Waals surface area (Å²) in [4.78, 5) is 0.430. The average Bonchev–Trinajstić information content (AvgIpc) is 2.57. The van der Waals surface area contributed by atoms with E-state index in [2.05, 4.69) is 24.3 Å². The zero-order chi connectivity index (χ0) is 15.4. The first-order valence-corrected chi connectivity index (χ1v) is 9.32. The van der Waals surface area contributed by atoms with Gasteiger partial charge in [-0.3, -0.25) is 0 Å². The molecular weight excluding hydrogens is 311 g/mol. The Morgan fingerprint density at radius 1 is 0.636 bits per heavy atom. The van der Waals surface area contributed by atoms with Gasteiger partial charge in [-0.15, -0.1) is 0 Å². The first-order valence-electron chi connectivity index (χ1n) is 6.87. The SMILES string of the molecule is O=S(O)c1ccc(P(c2ccccc2)c2ccccc2)cc1. The molecule has 0 heterocycles. The second-order valence-corrected chi connectivity index (χ2v) is 7.94. The molecule has 4 heteroatoms. The highest BCUT2D eigenvalue weighted by Gasteiger charge is 2.16. The van der Waals surface area contributed by atoms with Gasteiger partial charge in [-0.1, -0.05) is 72.8 Å². The molecule has 110 valence electrons. The van der Waals surface area contributed by atoms with E-state index < -0.39 is 19.0 Å². The van der Waals surface area contributed by atoms with Crippen LogP contribution in [0.5, 0.6) is 0 Å². The Morgan fingerprint density at radius 3 is 1.45 bits per heavy atom. The lowest BCUT2D eigenvalue weighted by Crippen LogP contribution is -2.20. The van der Waals surface area contributed by atoms with Crippen molar-refractivity contribution in [3.63, 3.8) is 0 Å². The summed E-state index contributed by atoms with van der Waals surface area (Å²) in [7, 11) is -0.658. The minimum atomic E-state index is -1.93. The van der Waals surface area contributed by atoms with Crippen LogP contribution in [0.1, 0.15) is 0 Å². The van der Waals surface area contributed by atoms with E-state index in [-0.39, 0.29) is 0 Å². The minimum absolute atomic E-state index is 0.430. The Morgan fingerprint density at radius 2 is 1.05 bits per heavy atom. The molecule has 0 saturated heterocycles. The Balaban J connectivity index is 2.08. The molecule has 0 aliphatic rings. The van der Waals surface area contributed by atoms with Crippen LogP contribution in [-0.2, 0) is 11.1 Å². The van der Waals surface area contributed by atoms with Gasteiger partial charge in [-0.25, -0.2) is 4.21 Å². The van der Waals surface area contributed by atoms with Gasteiger partial charge in [0.1, 0.15) is 0 Å². The fourth-order valence-corrected chi connectivity index (χ4v) is 4.96.